The Labute approximate surface area is 114 Å². The molecule has 0 fully saturated rings. The molecule has 0 aliphatic heterocycles. The van der Waals surface area contributed by atoms with E-state index in [1.54, 1.807) is 12.1 Å². The van der Waals surface area contributed by atoms with Gasteiger partial charge in [-0.3, -0.25) is 14.3 Å². The lowest BCUT2D eigenvalue weighted by molar-refractivity contribution is 0.403. The van der Waals surface area contributed by atoms with E-state index in [2.05, 4.69) is 4.98 Å². The number of rotatable bonds is 4. The Morgan fingerprint density at radius 3 is 2.65 bits per heavy atom. The van der Waals surface area contributed by atoms with Crippen molar-refractivity contribution in [2.75, 3.05) is 7.11 Å². The number of aromatic amines is 1. The van der Waals surface area contributed by atoms with E-state index in [9.17, 15) is 19.6 Å². The third-order valence-electron chi connectivity index (χ3n) is 2.82. The molecule has 8 heteroatoms. The first kappa shape index (κ1) is 14.1. The van der Waals surface area contributed by atoms with Crippen molar-refractivity contribution >= 4 is 12.6 Å². The molecule has 2 aromatic rings. The smallest absolute Gasteiger partial charge is 0.492 e. The number of benzene rings is 1. The summed E-state index contributed by atoms with van der Waals surface area (Å²) in [5, 5.41) is 18.6. The van der Waals surface area contributed by atoms with Crippen LogP contribution in [-0.2, 0) is 6.54 Å². The van der Waals surface area contributed by atoms with Gasteiger partial charge in [-0.15, -0.1) is 0 Å². The number of hydrogen-bond donors (Lipinski definition) is 3. The number of H-pyrrole nitrogens is 1. The van der Waals surface area contributed by atoms with E-state index in [4.69, 9.17) is 4.74 Å². The van der Waals surface area contributed by atoms with E-state index in [0.717, 1.165) is 0 Å². The molecule has 1 aromatic carbocycles. The van der Waals surface area contributed by atoms with Crippen LogP contribution in [-0.4, -0.2) is 33.8 Å². The molecule has 0 spiro atoms. The Morgan fingerprint density at radius 2 is 2.05 bits per heavy atom. The second-order valence-electron chi connectivity index (χ2n) is 4.19. The zero-order valence-electron chi connectivity index (χ0n) is 10.7. The molecule has 0 atom stereocenters. The van der Waals surface area contributed by atoms with Gasteiger partial charge in [0, 0.05) is 17.7 Å². The van der Waals surface area contributed by atoms with Gasteiger partial charge >= 0.3 is 12.8 Å². The summed E-state index contributed by atoms with van der Waals surface area (Å²) in [4.78, 5) is 24.7. The van der Waals surface area contributed by atoms with Crippen LogP contribution >= 0.6 is 0 Å². The Bertz CT molecular complexity index is 722. The van der Waals surface area contributed by atoms with E-state index in [1.807, 2.05) is 0 Å². The predicted molar refractivity (Wildman–Crippen MR) is 73.2 cm³/mol. The van der Waals surface area contributed by atoms with E-state index in [0.29, 0.717) is 11.3 Å². The normalized spacial score (nSPS) is 10.3. The maximum atomic E-state index is 11.6. The van der Waals surface area contributed by atoms with Crippen LogP contribution in [0.4, 0.5) is 0 Å². The van der Waals surface area contributed by atoms with Gasteiger partial charge < -0.3 is 14.8 Å². The van der Waals surface area contributed by atoms with Crippen molar-refractivity contribution in [2.45, 2.75) is 6.54 Å². The number of nitrogens with zero attached hydrogens (tertiary/aromatic N) is 1. The number of ether oxygens (including phenoxy) is 1. The van der Waals surface area contributed by atoms with Crippen LogP contribution in [0.25, 0.3) is 0 Å². The summed E-state index contributed by atoms with van der Waals surface area (Å²) < 4.78 is 6.32. The van der Waals surface area contributed by atoms with Crippen LogP contribution in [0.3, 0.4) is 0 Å². The molecule has 0 aliphatic rings. The fourth-order valence-corrected chi connectivity index (χ4v) is 1.85. The van der Waals surface area contributed by atoms with Crippen molar-refractivity contribution in [1.29, 1.82) is 0 Å². The van der Waals surface area contributed by atoms with Gasteiger partial charge in [0.15, 0.2) is 0 Å². The zero-order valence-corrected chi connectivity index (χ0v) is 10.7. The van der Waals surface area contributed by atoms with Crippen molar-refractivity contribution in [1.82, 2.24) is 9.55 Å². The number of nitrogens with one attached hydrogen (secondary N) is 1. The maximum Gasteiger partial charge on any atom is 0.492 e. The van der Waals surface area contributed by atoms with E-state index in [1.165, 1.54) is 30.0 Å². The second kappa shape index (κ2) is 5.76. The number of hydrogen-bond acceptors (Lipinski definition) is 5. The highest BCUT2D eigenvalue weighted by molar-refractivity contribution is 6.59. The lowest BCUT2D eigenvalue weighted by atomic mass is 9.78. The van der Waals surface area contributed by atoms with Crippen molar-refractivity contribution in [3.05, 3.63) is 56.9 Å². The van der Waals surface area contributed by atoms with Crippen LogP contribution in [0.2, 0.25) is 0 Å². The fourth-order valence-electron chi connectivity index (χ4n) is 1.85. The number of methoxy groups -OCH3 is 1. The molecule has 3 N–H and O–H groups in total. The van der Waals surface area contributed by atoms with Gasteiger partial charge in [-0.1, -0.05) is 12.1 Å². The summed E-state index contributed by atoms with van der Waals surface area (Å²) in [5.74, 6) is 0.345. The van der Waals surface area contributed by atoms with Gasteiger partial charge in [0.25, 0.3) is 5.56 Å². The molecule has 0 saturated heterocycles. The van der Waals surface area contributed by atoms with E-state index >= 15 is 0 Å². The van der Waals surface area contributed by atoms with Gasteiger partial charge in [0.1, 0.15) is 5.75 Å². The minimum absolute atomic E-state index is 0.194. The third kappa shape index (κ3) is 2.98. The molecule has 104 valence electrons. The van der Waals surface area contributed by atoms with Gasteiger partial charge in [-0.05, 0) is 11.6 Å². The first-order valence-corrected chi connectivity index (χ1v) is 5.84. The second-order valence-corrected chi connectivity index (χ2v) is 4.19. The topological polar surface area (TPSA) is 105 Å². The summed E-state index contributed by atoms with van der Waals surface area (Å²) in [6.07, 6.45) is 1.38. The molecule has 0 bridgehead atoms. The number of aromatic nitrogens is 2. The molecule has 7 nitrogen and oxygen atoms in total. The SMILES string of the molecule is COc1ccc(Cn2ccc(=O)[nH]c2=O)cc1B(O)O. The molecule has 0 saturated carbocycles. The summed E-state index contributed by atoms with van der Waals surface area (Å²) in [6.45, 7) is 0.194. The lowest BCUT2D eigenvalue weighted by Gasteiger charge is -2.11. The molecule has 1 aromatic heterocycles. The first-order valence-electron chi connectivity index (χ1n) is 5.84. The Hall–Kier alpha value is -2.32. The predicted octanol–water partition coefficient (Wildman–Crippen LogP) is -1.73. The molecule has 0 aliphatic carbocycles. The van der Waals surface area contributed by atoms with Crippen molar-refractivity contribution < 1.29 is 14.8 Å². The van der Waals surface area contributed by atoms with Gasteiger partial charge in [-0.2, -0.15) is 0 Å². The van der Waals surface area contributed by atoms with Crippen molar-refractivity contribution in [3.8, 4) is 5.75 Å². The first-order chi connectivity index (χ1) is 9.51. The molecule has 2 rings (SSSR count). The lowest BCUT2D eigenvalue weighted by Crippen LogP contribution is -2.32. The van der Waals surface area contributed by atoms with Crippen molar-refractivity contribution in [3.63, 3.8) is 0 Å². The summed E-state index contributed by atoms with van der Waals surface area (Å²) in [5.41, 5.74) is -0.114. The van der Waals surface area contributed by atoms with Gasteiger partial charge in [0.05, 0.1) is 13.7 Å². The third-order valence-corrected chi connectivity index (χ3v) is 2.82. The van der Waals surface area contributed by atoms with E-state index < -0.39 is 18.4 Å². The summed E-state index contributed by atoms with van der Waals surface area (Å²) >= 11 is 0. The molecular weight excluding hydrogens is 263 g/mol. The van der Waals surface area contributed by atoms with Gasteiger partial charge in [0.2, 0.25) is 0 Å². The average molecular weight is 276 g/mol. The minimum atomic E-state index is -1.67. The van der Waals surface area contributed by atoms with Crippen LogP contribution < -0.4 is 21.4 Å². The minimum Gasteiger partial charge on any atom is -0.497 e. The Balaban J connectivity index is 2.36. The van der Waals surface area contributed by atoms with Crippen LogP contribution in [0.15, 0.2) is 40.1 Å². The highest BCUT2D eigenvalue weighted by Gasteiger charge is 2.17. The molecule has 0 radical (unpaired) electrons. The molecule has 20 heavy (non-hydrogen) atoms. The largest absolute Gasteiger partial charge is 0.497 e. The summed E-state index contributed by atoms with van der Waals surface area (Å²) in [6, 6.07) is 6.05. The molecular formula is C12H13BN2O5. The maximum absolute atomic E-state index is 11.6. The van der Waals surface area contributed by atoms with Crippen LogP contribution in [0, 0.1) is 0 Å². The zero-order chi connectivity index (χ0) is 14.7. The van der Waals surface area contributed by atoms with Crippen molar-refractivity contribution in [2.24, 2.45) is 0 Å². The van der Waals surface area contributed by atoms with Crippen LogP contribution in [0.1, 0.15) is 5.56 Å². The van der Waals surface area contributed by atoms with E-state index in [-0.39, 0.29) is 12.0 Å². The standard InChI is InChI=1S/C12H13BN2O5/c1-20-10-3-2-8(6-9(10)13(18)19)7-15-5-4-11(16)14-12(15)17/h2-6,18-19H,7H2,1H3,(H,14,16,17). The highest BCUT2D eigenvalue weighted by atomic mass is 16.5. The monoisotopic (exact) mass is 276 g/mol. The highest BCUT2D eigenvalue weighted by Crippen LogP contribution is 2.10. The molecule has 1 heterocycles. The Kier molecular flexibility index (Phi) is 4.06. The average Bonchev–Trinajstić information content (AvgIpc) is 2.41. The van der Waals surface area contributed by atoms with Gasteiger partial charge in [-0.25, -0.2) is 4.79 Å². The summed E-state index contributed by atoms with van der Waals surface area (Å²) in [7, 11) is -0.245. The molecule has 0 amide bonds. The quantitative estimate of drug-likeness (QED) is 0.576. The fraction of sp³-hybridized carbons (Fsp3) is 0.167. The van der Waals surface area contributed by atoms with Crippen LogP contribution in [0.5, 0.6) is 5.75 Å². The molecule has 0 unspecified atom stereocenters. The Morgan fingerprint density at radius 1 is 1.30 bits per heavy atom.